The number of carboxylic acid groups (broad SMARTS) is 1. The average molecular weight is 295 g/mol. The van der Waals surface area contributed by atoms with Gasteiger partial charge in [0.15, 0.2) is 23.3 Å². The number of hydrogen-bond acceptors (Lipinski definition) is 2. The maximum absolute atomic E-state index is 13.5. The molecule has 1 aliphatic carbocycles. The average Bonchev–Trinajstić information content (AvgIpc) is 3.21. The van der Waals surface area contributed by atoms with E-state index in [1.165, 1.54) is 4.90 Å². The highest BCUT2D eigenvalue weighted by Gasteiger charge is 2.33. The van der Waals surface area contributed by atoms with Gasteiger partial charge in [0.1, 0.15) is 0 Å². The van der Waals surface area contributed by atoms with Crippen LogP contribution in [0.2, 0.25) is 0 Å². The summed E-state index contributed by atoms with van der Waals surface area (Å²) >= 11 is 0. The number of carboxylic acids is 1. The van der Waals surface area contributed by atoms with E-state index in [2.05, 4.69) is 0 Å². The molecule has 3 nitrogen and oxygen atoms in total. The lowest BCUT2D eigenvalue weighted by Crippen LogP contribution is -2.32. The molecule has 1 saturated carbocycles. The van der Waals surface area contributed by atoms with Crippen LogP contribution in [0.25, 0.3) is 0 Å². The second-order valence-electron chi connectivity index (χ2n) is 4.58. The summed E-state index contributed by atoms with van der Waals surface area (Å²) in [7, 11) is 0. The van der Waals surface area contributed by atoms with Gasteiger partial charge < -0.3 is 5.11 Å². The van der Waals surface area contributed by atoms with E-state index in [4.69, 9.17) is 5.11 Å². The third-order valence-electron chi connectivity index (χ3n) is 3.06. The summed E-state index contributed by atoms with van der Waals surface area (Å²) in [4.78, 5) is 11.8. The summed E-state index contributed by atoms with van der Waals surface area (Å²) in [6.45, 7) is -1.16. The van der Waals surface area contributed by atoms with Crippen LogP contribution in [0.15, 0.2) is 0 Å². The van der Waals surface area contributed by atoms with Crippen LogP contribution < -0.4 is 0 Å². The minimum atomic E-state index is -2.22. The molecule has 1 fully saturated rings. The van der Waals surface area contributed by atoms with E-state index in [-0.39, 0.29) is 6.04 Å². The van der Waals surface area contributed by atoms with Gasteiger partial charge in [0.2, 0.25) is 5.82 Å². The van der Waals surface area contributed by atoms with E-state index in [9.17, 15) is 26.7 Å². The molecule has 0 aromatic heterocycles. The van der Waals surface area contributed by atoms with Crippen LogP contribution in [0, 0.1) is 29.1 Å². The number of aliphatic carboxylic acids is 1. The summed E-state index contributed by atoms with van der Waals surface area (Å²) in [5.41, 5.74) is -1.01. The van der Waals surface area contributed by atoms with Gasteiger partial charge in [0, 0.05) is 18.2 Å². The van der Waals surface area contributed by atoms with Gasteiger partial charge in [-0.2, -0.15) is 0 Å². The quantitative estimate of drug-likeness (QED) is 0.515. The molecule has 0 atom stereocenters. The lowest BCUT2D eigenvalue weighted by Gasteiger charge is -2.20. The van der Waals surface area contributed by atoms with E-state index in [0.717, 1.165) is 0 Å². The van der Waals surface area contributed by atoms with Crippen molar-refractivity contribution in [1.82, 2.24) is 4.90 Å². The largest absolute Gasteiger partial charge is 0.480 e. The number of carbonyl (C=O) groups is 1. The Morgan fingerprint density at radius 1 is 1.00 bits per heavy atom. The molecule has 0 unspecified atom stereocenters. The first-order chi connectivity index (χ1) is 9.32. The second-order valence-corrected chi connectivity index (χ2v) is 4.58. The Balaban J connectivity index is 2.34. The Morgan fingerprint density at radius 2 is 1.45 bits per heavy atom. The summed E-state index contributed by atoms with van der Waals surface area (Å²) in [6, 6.07) is -0.207. The van der Waals surface area contributed by atoms with Crippen LogP contribution >= 0.6 is 0 Å². The fourth-order valence-corrected chi connectivity index (χ4v) is 1.92. The molecule has 2 rings (SSSR count). The molecule has 1 aromatic rings. The molecule has 1 N–H and O–H groups in total. The van der Waals surface area contributed by atoms with Gasteiger partial charge in [-0.05, 0) is 12.8 Å². The van der Waals surface area contributed by atoms with Crippen molar-refractivity contribution in [1.29, 1.82) is 0 Å². The zero-order valence-electron chi connectivity index (χ0n) is 10.1. The minimum Gasteiger partial charge on any atom is -0.480 e. The molecule has 20 heavy (non-hydrogen) atoms. The van der Waals surface area contributed by atoms with Crippen molar-refractivity contribution in [3.05, 3.63) is 34.6 Å². The van der Waals surface area contributed by atoms with Crippen LogP contribution in [0.1, 0.15) is 18.4 Å². The molecule has 8 heteroatoms. The van der Waals surface area contributed by atoms with Crippen molar-refractivity contribution in [3.63, 3.8) is 0 Å². The molecular formula is C12H10F5NO2. The summed E-state index contributed by atoms with van der Waals surface area (Å²) in [5, 5.41) is 8.69. The van der Waals surface area contributed by atoms with E-state index < -0.39 is 53.7 Å². The molecule has 0 radical (unpaired) electrons. The Bertz CT molecular complexity index is 530. The van der Waals surface area contributed by atoms with Crippen molar-refractivity contribution >= 4 is 5.97 Å². The lowest BCUT2D eigenvalue weighted by molar-refractivity contribution is -0.138. The first-order valence-corrected chi connectivity index (χ1v) is 5.79. The van der Waals surface area contributed by atoms with Gasteiger partial charge in [-0.3, -0.25) is 9.69 Å². The summed E-state index contributed by atoms with van der Waals surface area (Å²) in [5.74, 6) is -11.3. The highest BCUT2D eigenvalue weighted by molar-refractivity contribution is 5.69. The Labute approximate surface area is 110 Å². The van der Waals surface area contributed by atoms with Crippen LogP contribution in [0.4, 0.5) is 22.0 Å². The minimum absolute atomic E-state index is 0.207. The number of benzene rings is 1. The van der Waals surface area contributed by atoms with E-state index in [1.54, 1.807) is 0 Å². The molecule has 1 aliphatic rings. The number of hydrogen-bond donors (Lipinski definition) is 1. The molecule has 1 aromatic carbocycles. The van der Waals surface area contributed by atoms with Crippen molar-refractivity contribution in [3.8, 4) is 0 Å². The first kappa shape index (κ1) is 14.7. The molecule has 0 saturated heterocycles. The van der Waals surface area contributed by atoms with Crippen molar-refractivity contribution in [2.45, 2.75) is 25.4 Å². The fourth-order valence-electron chi connectivity index (χ4n) is 1.92. The molecule has 0 aliphatic heterocycles. The van der Waals surface area contributed by atoms with Gasteiger partial charge in [0.05, 0.1) is 6.54 Å². The SMILES string of the molecule is O=C(O)CN(Cc1c(F)c(F)c(F)c(F)c1F)C1CC1. The van der Waals surface area contributed by atoms with Crippen molar-refractivity contribution < 1.29 is 31.9 Å². The van der Waals surface area contributed by atoms with Gasteiger partial charge >= 0.3 is 5.97 Å². The molecule has 0 amide bonds. The Kier molecular flexibility index (Phi) is 3.94. The fraction of sp³-hybridized carbons (Fsp3) is 0.417. The summed E-state index contributed by atoms with van der Waals surface area (Å²) in [6.07, 6.45) is 1.26. The molecule has 0 spiro atoms. The van der Waals surface area contributed by atoms with Gasteiger partial charge in [0.25, 0.3) is 0 Å². The standard InChI is InChI=1S/C12H10F5NO2/c13-8-6(9(14)11(16)12(17)10(8)15)3-18(4-7(19)20)5-1-2-5/h5H,1-4H2,(H,19,20). The normalized spacial score (nSPS) is 14.9. The molecule has 110 valence electrons. The molecule has 0 bridgehead atoms. The van der Waals surface area contributed by atoms with Gasteiger partial charge in [-0.1, -0.05) is 0 Å². The second kappa shape index (κ2) is 5.35. The predicted octanol–water partition coefficient (Wildman–Crippen LogP) is 2.43. The zero-order chi connectivity index (χ0) is 15.0. The number of rotatable bonds is 5. The zero-order valence-corrected chi connectivity index (χ0v) is 10.1. The van der Waals surface area contributed by atoms with E-state index >= 15 is 0 Å². The third-order valence-corrected chi connectivity index (χ3v) is 3.06. The maximum Gasteiger partial charge on any atom is 0.317 e. The smallest absolute Gasteiger partial charge is 0.317 e. The van der Waals surface area contributed by atoms with Crippen LogP contribution in [-0.2, 0) is 11.3 Å². The molecule has 0 heterocycles. The van der Waals surface area contributed by atoms with Crippen LogP contribution in [-0.4, -0.2) is 28.6 Å². The monoisotopic (exact) mass is 295 g/mol. The van der Waals surface area contributed by atoms with E-state index in [1.807, 2.05) is 0 Å². The van der Waals surface area contributed by atoms with Crippen molar-refractivity contribution in [2.75, 3.05) is 6.54 Å². The predicted molar refractivity (Wildman–Crippen MR) is 57.3 cm³/mol. The lowest BCUT2D eigenvalue weighted by atomic mass is 10.1. The Morgan fingerprint density at radius 3 is 1.85 bits per heavy atom. The third kappa shape index (κ3) is 2.74. The van der Waals surface area contributed by atoms with Crippen LogP contribution in [0.5, 0.6) is 0 Å². The van der Waals surface area contributed by atoms with Crippen molar-refractivity contribution in [2.24, 2.45) is 0 Å². The van der Waals surface area contributed by atoms with E-state index in [0.29, 0.717) is 12.8 Å². The first-order valence-electron chi connectivity index (χ1n) is 5.79. The number of nitrogens with zero attached hydrogens (tertiary/aromatic N) is 1. The van der Waals surface area contributed by atoms with Gasteiger partial charge in [-0.25, -0.2) is 22.0 Å². The molecular weight excluding hydrogens is 285 g/mol. The van der Waals surface area contributed by atoms with Gasteiger partial charge in [-0.15, -0.1) is 0 Å². The Hall–Kier alpha value is -1.70. The van der Waals surface area contributed by atoms with Crippen LogP contribution in [0.3, 0.4) is 0 Å². The summed E-state index contributed by atoms with van der Waals surface area (Å²) < 4.78 is 65.9. The highest BCUT2D eigenvalue weighted by atomic mass is 19.2. The topological polar surface area (TPSA) is 40.5 Å². The maximum atomic E-state index is 13.5. The highest BCUT2D eigenvalue weighted by Crippen LogP contribution is 2.30. The number of halogens is 5.